The second kappa shape index (κ2) is 10.1. The van der Waals surface area contributed by atoms with E-state index in [1.807, 2.05) is 91.0 Å². The summed E-state index contributed by atoms with van der Waals surface area (Å²) in [5, 5.41) is 9.14. The van der Waals surface area contributed by atoms with Gasteiger partial charge in [0, 0.05) is 23.3 Å². The van der Waals surface area contributed by atoms with Crippen molar-refractivity contribution in [1.82, 2.24) is 0 Å². The zero-order valence-electron chi connectivity index (χ0n) is 19.0. The SMILES string of the molecule is O=C(O)C[n+]1ccc(C(=C2C=C(c3ccccc3)OC(c3ccccc3)=C2)c2ccccc2)cc1. The molecule has 0 saturated heterocycles. The van der Waals surface area contributed by atoms with Gasteiger partial charge in [-0.15, -0.1) is 0 Å². The summed E-state index contributed by atoms with van der Waals surface area (Å²) in [5.41, 5.74) is 6.08. The predicted octanol–water partition coefficient (Wildman–Crippen LogP) is 5.97. The van der Waals surface area contributed by atoms with Crippen molar-refractivity contribution in [3.8, 4) is 0 Å². The molecule has 0 unspecified atom stereocenters. The van der Waals surface area contributed by atoms with Crippen molar-refractivity contribution >= 4 is 23.1 Å². The van der Waals surface area contributed by atoms with E-state index in [0.717, 1.165) is 44.9 Å². The van der Waals surface area contributed by atoms with Gasteiger partial charge in [-0.3, -0.25) is 0 Å². The zero-order valence-corrected chi connectivity index (χ0v) is 19.0. The molecule has 4 heteroatoms. The summed E-state index contributed by atoms with van der Waals surface area (Å²) < 4.78 is 8.04. The molecule has 3 aromatic carbocycles. The number of rotatable bonds is 6. The molecular weight excluding hydrogens is 434 g/mol. The van der Waals surface area contributed by atoms with Crippen LogP contribution in [0.25, 0.3) is 17.1 Å². The average molecular weight is 459 g/mol. The summed E-state index contributed by atoms with van der Waals surface area (Å²) in [7, 11) is 0. The first kappa shape index (κ1) is 22.1. The van der Waals surface area contributed by atoms with Crippen LogP contribution in [0.3, 0.4) is 0 Å². The predicted molar refractivity (Wildman–Crippen MR) is 137 cm³/mol. The van der Waals surface area contributed by atoms with Crippen LogP contribution in [0.15, 0.2) is 133 Å². The van der Waals surface area contributed by atoms with Crippen LogP contribution in [-0.2, 0) is 16.1 Å². The highest BCUT2D eigenvalue weighted by Gasteiger charge is 2.20. The highest BCUT2D eigenvalue weighted by atomic mass is 16.5. The summed E-state index contributed by atoms with van der Waals surface area (Å²) in [6.07, 6.45) is 7.75. The Morgan fingerprint density at radius 3 is 1.60 bits per heavy atom. The highest BCUT2D eigenvalue weighted by Crippen LogP contribution is 2.37. The third-order valence-electron chi connectivity index (χ3n) is 5.76. The van der Waals surface area contributed by atoms with E-state index in [1.54, 1.807) is 17.0 Å². The Morgan fingerprint density at radius 2 is 1.11 bits per heavy atom. The van der Waals surface area contributed by atoms with Gasteiger partial charge in [0.2, 0.25) is 6.54 Å². The van der Waals surface area contributed by atoms with E-state index in [4.69, 9.17) is 9.84 Å². The van der Waals surface area contributed by atoms with Crippen molar-refractivity contribution in [3.63, 3.8) is 0 Å². The highest BCUT2D eigenvalue weighted by molar-refractivity contribution is 5.90. The van der Waals surface area contributed by atoms with E-state index in [1.165, 1.54) is 0 Å². The number of nitrogens with zero attached hydrogens (tertiary/aromatic N) is 1. The lowest BCUT2D eigenvalue weighted by Crippen LogP contribution is -2.36. The minimum atomic E-state index is -0.875. The van der Waals surface area contributed by atoms with Crippen LogP contribution in [0.4, 0.5) is 0 Å². The maximum absolute atomic E-state index is 11.1. The van der Waals surface area contributed by atoms with E-state index >= 15 is 0 Å². The molecule has 0 spiro atoms. The number of benzene rings is 3. The fourth-order valence-corrected chi connectivity index (χ4v) is 4.13. The normalized spacial score (nSPS) is 12.9. The fraction of sp³-hybridized carbons (Fsp3) is 0.0323. The number of pyridine rings is 1. The lowest BCUT2D eigenvalue weighted by atomic mass is 9.91. The van der Waals surface area contributed by atoms with Gasteiger partial charge in [0.25, 0.3) is 0 Å². The smallest absolute Gasteiger partial charge is 0.370 e. The monoisotopic (exact) mass is 458 g/mol. The Balaban J connectivity index is 1.72. The Bertz CT molecular complexity index is 1360. The lowest BCUT2D eigenvalue weighted by molar-refractivity contribution is -0.685. The van der Waals surface area contributed by atoms with Gasteiger partial charge < -0.3 is 9.84 Å². The minimum Gasteiger partial charge on any atom is -0.477 e. The van der Waals surface area contributed by atoms with Gasteiger partial charge >= 0.3 is 5.97 Å². The fourth-order valence-electron chi connectivity index (χ4n) is 4.13. The van der Waals surface area contributed by atoms with Crippen LogP contribution < -0.4 is 4.57 Å². The van der Waals surface area contributed by atoms with Crippen LogP contribution in [0.1, 0.15) is 22.3 Å². The molecule has 170 valence electrons. The number of carbonyl (C=O) groups is 1. The second-order valence-corrected chi connectivity index (χ2v) is 8.20. The molecule has 1 aliphatic heterocycles. The first-order chi connectivity index (χ1) is 17.2. The number of carboxylic acid groups (broad SMARTS) is 1. The Labute approximate surface area is 204 Å². The molecule has 1 aromatic heterocycles. The molecule has 1 N–H and O–H groups in total. The number of allylic oxidation sites excluding steroid dienone is 3. The van der Waals surface area contributed by atoms with Crippen LogP contribution >= 0.6 is 0 Å². The Morgan fingerprint density at radius 1 is 0.657 bits per heavy atom. The van der Waals surface area contributed by atoms with Gasteiger partial charge in [0.05, 0.1) is 0 Å². The second-order valence-electron chi connectivity index (χ2n) is 8.20. The maximum Gasteiger partial charge on any atom is 0.370 e. The number of hydrogen-bond donors (Lipinski definition) is 1. The third kappa shape index (κ3) is 5.12. The molecule has 5 rings (SSSR count). The van der Waals surface area contributed by atoms with Gasteiger partial charge in [0.1, 0.15) is 11.5 Å². The maximum atomic E-state index is 11.1. The summed E-state index contributed by atoms with van der Waals surface area (Å²) >= 11 is 0. The van der Waals surface area contributed by atoms with E-state index in [9.17, 15) is 4.79 Å². The van der Waals surface area contributed by atoms with Crippen LogP contribution in [0, 0.1) is 0 Å². The number of ether oxygens (including phenoxy) is 1. The molecule has 0 aliphatic carbocycles. The van der Waals surface area contributed by atoms with E-state index < -0.39 is 5.97 Å². The van der Waals surface area contributed by atoms with Gasteiger partial charge in [0.15, 0.2) is 12.4 Å². The van der Waals surface area contributed by atoms with Gasteiger partial charge in [-0.05, 0) is 34.4 Å². The van der Waals surface area contributed by atoms with Crippen molar-refractivity contribution < 1.29 is 19.2 Å². The molecule has 4 nitrogen and oxygen atoms in total. The molecular formula is C31H24NO3+. The van der Waals surface area contributed by atoms with Gasteiger partial charge in [-0.1, -0.05) is 91.0 Å². The van der Waals surface area contributed by atoms with E-state index in [-0.39, 0.29) is 6.54 Å². The lowest BCUT2D eigenvalue weighted by Gasteiger charge is -2.21. The topological polar surface area (TPSA) is 50.4 Å². The van der Waals surface area contributed by atoms with Crippen molar-refractivity contribution in [2.45, 2.75) is 6.54 Å². The van der Waals surface area contributed by atoms with E-state index in [0.29, 0.717) is 0 Å². The average Bonchev–Trinajstić information content (AvgIpc) is 2.91. The largest absolute Gasteiger partial charge is 0.477 e. The number of hydrogen-bond acceptors (Lipinski definition) is 2. The number of carboxylic acids is 1. The molecule has 0 fully saturated rings. The van der Waals surface area contributed by atoms with Crippen LogP contribution in [-0.4, -0.2) is 11.1 Å². The minimum absolute atomic E-state index is 0.0819. The van der Waals surface area contributed by atoms with Gasteiger partial charge in [-0.2, -0.15) is 4.57 Å². The molecule has 4 aromatic rings. The first-order valence-electron chi connectivity index (χ1n) is 11.4. The summed E-state index contributed by atoms with van der Waals surface area (Å²) in [5.74, 6) is 0.666. The molecule has 1 aliphatic rings. The zero-order chi connectivity index (χ0) is 24.0. The first-order valence-corrected chi connectivity index (χ1v) is 11.4. The quantitative estimate of drug-likeness (QED) is 0.362. The van der Waals surface area contributed by atoms with Crippen LogP contribution in [0.2, 0.25) is 0 Å². The standard InChI is InChI=1S/C31H23NO3/c33-30(34)22-32-18-16-26(17-19-32)31(25-14-8-3-9-15-25)27-20-28(23-10-4-1-5-11-23)35-29(21-27)24-12-6-2-7-13-24/h1-21H,22H2/p+1. The summed E-state index contributed by atoms with van der Waals surface area (Å²) in [6.45, 7) is -0.0819. The van der Waals surface area contributed by atoms with Crippen molar-refractivity contribution in [3.05, 3.63) is 156 Å². The van der Waals surface area contributed by atoms with Crippen molar-refractivity contribution in [1.29, 1.82) is 0 Å². The molecule has 35 heavy (non-hydrogen) atoms. The number of aromatic nitrogens is 1. The summed E-state index contributed by atoms with van der Waals surface area (Å²) in [4.78, 5) is 11.1. The van der Waals surface area contributed by atoms with Gasteiger partial charge in [-0.25, -0.2) is 4.79 Å². The van der Waals surface area contributed by atoms with E-state index in [2.05, 4.69) is 24.3 Å². The molecule has 0 atom stereocenters. The number of aliphatic carboxylic acids is 1. The molecule has 0 saturated carbocycles. The molecule has 0 radical (unpaired) electrons. The third-order valence-corrected chi connectivity index (χ3v) is 5.76. The molecule has 0 bridgehead atoms. The summed E-state index contributed by atoms with van der Waals surface area (Å²) in [6, 6.07) is 34.3. The molecule has 2 heterocycles. The van der Waals surface area contributed by atoms with Crippen molar-refractivity contribution in [2.24, 2.45) is 0 Å². The van der Waals surface area contributed by atoms with Crippen LogP contribution in [0.5, 0.6) is 0 Å². The molecule has 0 amide bonds. The Kier molecular flexibility index (Phi) is 6.35. The van der Waals surface area contributed by atoms with Crippen molar-refractivity contribution in [2.75, 3.05) is 0 Å². The Hall–Kier alpha value is -4.70.